The van der Waals surface area contributed by atoms with Gasteiger partial charge in [0, 0.05) is 13.0 Å². The van der Waals surface area contributed by atoms with E-state index < -0.39 is 23.3 Å². The quantitative estimate of drug-likeness (QED) is 0.664. The molecule has 1 saturated heterocycles. The van der Waals surface area contributed by atoms with Gasteiger partial charge in [-0.1, -0.05) is 30.3 Å². The van der Waals surface area contributed by atoms with Gasteiger partial charge in [0.25, 0.3) is 0 Å². The van der Waals surface area contributed by atoms with Crippen molar-refractivity contribution in [1.29, 1.82) is 0 Å². The zero-order valence-corrected chi connectivity index (χ0v) is 15.4. The first-order valence-electron chi connectivity index (χ1n) is 9.45. The molecule has 1 aromatic carbocycles. The fourth-order valence-electron chi connectivity index (χ4n) is 4.13. The molecule has 1 aliphatic carbocycles. The standard InChI is InChI=1S/C20H27N3O4/c21-17(24)7-6-16(18(22)25)23-13-20(19(23)26)10-8-15(9-11-20)27-12-14-4-2-1-3-5-14/h1-5,15-16H,6-13H2,(H2,21,24)(H2,22,25)/t15?,16-,20?/m0/s1. The van der Waals surface area contributed by atoms with Crippen LogP contribution in [-0.2, 0) is 25.7 Å². The topological polar surface area (TPSA) is 116 Å². The van der Waals surface area contributed by atoms with Crippen LogP contribution in [0.2, 0.25) is 0 Å². The minimum absolute atomic E-state index is 0.0303. The second-order valence-electron chi connectivity index (χ2n) is 7.63. The zero-order chi connectivity index (χ0) is 19.4. The Morgan fingerprint density at radius 3 is 2.41 bits per heavy atom. The van der Waals surface area contributed by atoms with Crippen molar-refractivity contribution in [1.82, 2.24) is 4.90 Å². The van der Waals surface area contributed by atoms with Gasteiger partial charge in [0.05, 0.1) is 18.1 Å². The predicted octanol–water partition coefficient (Wildman–Crippen LogP) is 1.09. The highest BCUT2D eigenvalue weighted by molar-refractivity contribution is 5.94. The number of primary amides is 2. The van der Waals surface area contributed by atoms with Gasteiger partial charge >= 0.3 is 0 Å². The third-order valence-electron chi connectivity index (χ3n) is 5.77. The summed E-state index contributed by atoms with van der Waals surface area (Å²) >= 11 is 0. The minimum Gasteiger partial charge on any atom is -0.374 e. The van der Waals surface area contributed by atoms with Gasteiger partial charge in [-0.15, -0.1) is 0 Å². The van der Waals surface area contributed by atoms with Crippen LogP contribution in [0.15, 0.2) is 30.3 Å². The number of amides is 3. The van der Waals surface area contributed by atoms with Gasteiger partial charge in [0.2, 0.25) is 17.7 Å². The monoisotopic (exact) mass is 373 g/mol. The summed E-state index contributed by atoms with van der Waals surface area (Å²) in [7, 11) is 0. The molecule has 146 valence electrons. The average Bonchev–Trinajstić information content (AvgIpc) is 2.66. The Morgan fingerprint density at radius 2 is 1.85 bits per heavy atom. The van der Waals surface area contributed by atoms with Crippen molar-refractivity contribution in [3.8, 4) is 0 Å². The fraction of sp³-hybridized carbons (Fsp3) is 0.550. The number of carbonyl (C=O) groups is 3. The van der Waals surface area contributed by atoms with E-state index in [9.17, 15) is 14.4 Å². The SMILES string of the molecule is NC(=O)CC[C@@H](C(N)=O)N1CC2(CCC(OCc3ccccc3)CC2)C1=O. The van der Waals surface area contributed by atoms with Crippen molar-refractivity contribution in [2.45, 2.75) is 57.3 Å². The molecule has 1 saturated carbocycles. The van der Waals surface area contributed by atoms with Crippen molar-refractivity contribution in [2.24, 2.45) is 16.9 Å². The lowest BCUT2D eigenvalue weighted by Crippen LogP contribution is -2.67. The fourth-order valence-corrected chi connectivity index (χ4v) is 4.13. The number of carbonyl (C=O) groups excluding carboxylic acids is 3. The molecule has 1 aromatic rings. The molecular weight excluding hydrogens is 346 g/mol. The van der Waals surface area contributed by atoms with E-state index in [1.807, 2.05) is 30.3 Å². The molecule has 7 nitrogen and oxygen atoms in total. The molecule has 7 heteroatoms. The van der Waals surface area contributed by atoms with E-state index in [4.69, 9.17) is 16.2 Å². The number of ether oxygens (including phenoxy) is 1. The summed E-state index contributed by atoms with van der Waals surface area (Å²) < 4.78 is 5.99. The Kier molecular flexibility index (Phi) is 5.79. The molecule has 1 atom stereocenters. The Balaban J connectivity index is 1.49. The summed E-state index contributed by atoms with van der Waals surface area (Å²) in [6, 6.07) is 9.28. The van der Waals surface area contributed by atoms with Crippen LogP contribution in [0.3, 0.4) is 0 Å². The van der Waals surface area contributed by atoms with Gasteiger partial charge in [-0.25, -0.2) is 0 Å². The normalized spacial score (nSPS) is 25.9. The van der Waals surface area contributed by atoms with Gasteiger partial charge in [0.15, 0.2) is 0 Å². The molecule has 2 fully saturated rings. The van der Waals surface area contributed by atoms with Crippen molar-refractivity contribution >= 4 is 17.7 Å². The van der Waals surface area contributed by atoms with E-state index in [0.717, 1.165) is 31.2 Å². The molecule has 1 aliphatic heterocycles. The number of β-lactam (4-membered cyclic amide) rings is 1. The molecule has 2 aliphatic rings. The first kappa shape index (κ1) is 19.4. The van der Waals surface area contributed by atoms with Crippen LogP contribution in [-0.4, -0.2) is 41.3 Å². The van der Waals surface area contributed by atoms with E-state index in [0.29, 0.717) is 13.2 Å². The molecule has 4 N–H and O–H groups in total. The van der Waals surface area contributed by atoms with Crippen molar-refractivity contribution in [2.75, 3.05) is 6.54 Å². The maximum Gasteiger partial charge on any atom is 0.240 e. The highest BCUT2D eigenvalue weighted by Crippen LogP contribution is 2.46. The number of likely N-dealkylation sites (tertiary alicyclic amines) is 1. The molecule has 3 amide bonds. The summed E-state index contributed by atoms with van der Waals surface area (Å²) in [6.07, 6.45) is 3.55. The lowest BCUT2D eigenvalue weighted by Gasteiger charge is -2.53. The minimum atomic E-state index is -0.748. The lowest BCUT2D eigenvalue weighted by atomic mass is 9.66. The Labute approximate surface area is 159 Å². The van der Waals surface area contributed by atoms with Crippen LogP contribution in [0.5, 0.6) is 0 Å². The molecule has 27 heavy (non-hydrogen) atoms. The summed E-state index contributed by atoms with van der Waals surface area (Å²) in [5, 5.41) is 0. The third-order valence-corrected chi connectivity index (χ3v) is 5.77. The molecule has 1 spiro atoms. The van der Waals surface area contributed by atoms with Gasteiger partial charge < -0.3 is 21.1 Å². The predicted molar refractivity (Wildman–Crippen MR) is 99.0 cm³/mol. The molecule has 3 rings (SSSR count). The summed E-state index contributed by atoms with van der Waals surface area (Å²) in [4.78, 5) is 37.0. The van der Waals surface area contributed by atoms with E-state index in [2.05, 4.69) is 0 Å². The van der Waals surface area contributed by atoms with Crippen LogP contribution in [0.4, 0.5) is 0 Å². The van der Waals surface area contributed by atoms with Gasteiger partial charge in [-0.3, -0.25) is 14.4 Å². The number of hydrogen-bond acceptors (Lipinski definition) is 4. The third kappa shape index (κ3) is 4.30. The Hall–Kier alpha value is -2.41. The summed E-state index contributed by atoms with van der Waals surface area (Å²) in [5.74, 6) is -1.11. The first-order valence-corrected chi connectivity index (χ1v) is 9.45. The van der Waals surface area contributed by atoms with Crippen molar-refractivity contribution < 1.29 is 19.1 Å². The van der Waals surface area contributed by atoms with E-state index in [1.165, 1.54) is 4.90 Å². The second-order valence-corrected chi connectivity index (χ2v) is 7.63. The molecule has 1 heterocycles. The maximum absolute atomic E-state index is 12.8. The van der Waals surface area contributed by atoms with Crippen LogP contribution in [0.1, 0.15) is 44.1 Å². The van der Waals surface area contributed by atoms with E-state index in [-0.39, 0.29) is 24.9 Å². The first-order chi connectivity index (χ1) is 12.9. The van der Waals surface area contributed by atoms with Crippen molar-refractivity contribution in [3.63, 3.8) is 0 Å². The largest absolute Gasteiger partial charge is 0.374 e. The molecule has 0 aromatic heterocycles. The number of benzene rings is 1. The van der Waals surface area contributed by atoms with Crippen molar-refractivity contribution in [3.05, 3.63) is 35.9 Å². The second kappa shape index (κ2) is 8.08. The van der Waals surface area contributed by atoms with Crippen LogP contribution in [0, 0.1) is 5.41 Å². The van der Waals surface area contributed by atoms with E-state index in [1.54, 1.807) is 0 Å². The molecule has 0 unspecified atom stereocenters. The van der Waals surface area contributed by atoms with Gasteiger partial charge in [-0.05, 0) is 37.7 Å². The molecular formula is C20H27N3O4. The average molecular weight is 373 g/mol. The lowest BCUT2D eigenvalue weighted by molar-refractivity contribution is -0.174. The van der Waals surface area contributed by atoms with Gasteiger partial charge in [-0.2, -0.15) is 0 Å². The highest BCUT2D eigenvalue weighted by atomic mass is 16.5. The van der Waals surface area contributed by atoms with Crippen LogP contribution >= 0.6 is 0 Å². The summed E-state index contributed by atoms with van der Waals surface area (Å²) in [6.45, 7) is 1.10. The molecule has 0 bridgehead atoms. The number of rotatable bonds is 8. The van der Waals surface area contributed by atoms with Crippen LogP contribution in [0.25, 0.3) is 0 Å². The number of hydrogen-bond donors (Lipinski definition) is 2. The Bertz CT molecular complexity index is 698. The maximum atomic E-state index is 12.8. The van der Waals surface area contributed by atoms with E-state index >= 15 is 0 Å². The number of nitrogens with two attached hydrogens (primary N) is 2. The zero-order valence-electron chi connectivity index (χ0n) is 15.4. The number of nitrogens with zero attached hydrogens (tertiary/aromatic N) is 1. The Morgan fingerprint density at radius 1 is 1.19 bits per heavy atom. The summed E-state index contributed by atoms with van der Waals surface area (Å²) in [5.41, 5.74) is 11.3. The smallest absolute Gasteiger partial charge is 0.240 e. The van der Waals surface area contributed by atoms with Gasteiger partial charge in [0.1, 0.15) is 6.04 Å². The van der Waals surface area contributed by atoms with Crippen LogP contribution < -0.4 is 11.5 Å². The molecule has 0 radical (unpaired) electrons. The highest BCUT2D eigenvalue weighted by Gasteiger charge is 2.55.